The van der Waals surface area contributed by atoms with E-state index in [-0.39, 0.29) is 0 Å². The van der Waals surface area contributed by atoms with Crippen molar-refractivity contribution in [3.05, 3.63) is 0 Å². The van der Waals surface area contributed by atoms with Crippen LogP contribution in [0.5, 0.6) is 0 Å². The van der Waals surface area contributed by atoms with Crippen molar-refractivity contribution in [2.45, 2.75) is 39.0 Å². The van der Waals surface area contributed by atoms with Crippen LogP contribution in [-0.2, 0) is 0 Å². The van der Waals surface area contributed by atoms with E-state index in [1.54, 1.807) is 0 Å². The van der Waals surface area contributed by atoms with Crippen molar-refractivity contribution in [2.75, 3.05) is 35.2 Å². The molecule has 0 rings (SSSR count). The monoisotopic (exact) mass is 201 g/mol. The number of nitrogens with zero attached hydrogens (tertiary/aromatic N) is 3. The quantitative estimate of drug-likeness (QED) is 0.603. The van der Waals surface area contributed by atoms with E-state index >= 15 is 0 Å². The van der Waals surface area contributed by atoms with Crippen molar-refractivity contribution in [1.29, 1.82) is 0 Å². The topological polar surface area (TPSA) is 9.72 Å². The molecule has 0 saturated carbocycles. The van der Waals surface area contributed by atoms with Crippen LogP contribution >= 0.6 is 0 Å². The lowest BCUT2D eigenvalue weighted by Crippen LogP contribution is -2.52. The molecule has 2 atom stereocenters. The first kappa shape index (κ1) is 13.9. The third-order valence-corrected chi connectivity index (χ3v) is 2.86. The molecule has 0 fully saturated rings. The van der Waals surface area contributed by atoms with Crippen molar-refractivity contribution < 1.29 is 0 Å². The Morgan fingerprint density at radius 2 is 1.00 bits per heavy atom. The lowest BCUT2D eigenvalue weighted by molar-refractivity contribution is 0.00170. The summed E-state index contributed by atoms with van der Waals surface area (Å²) in [6.07, 6.45) is 3.38. The average molecular weight is 201 g/mol. The van der Waals surface area contributed by atoms with Gasteiger partial charge in [-0.1, -0.05) is 13.8 Å². The minimum absolute atomic E-state index is 0.530. The van der Waals surface area contributed by atoms with E-state index in [1.165, 1.54) is 0 Å². The van der Waals surface area contributed by atoms with Crippen molar-refractivity contribution in [2.24, 2.45) is 0 Å². The van der Waals surface area contributed by atoms with Gasteiger partial charge in [-0.25, -0.2) is 0 Å². The second kappa shape index (κ2) is 6.38. The molecule has 0 spiro atoms. The van der Waals surface area contributed by atoms with Crippen LogP contribution in [0.15, 0.2) is 0 Å². The fraction of sp³-hybridized carbons (Fsp3) is 1.00. The summed E-state index contributed by atoms with van der Waals surface area (Å²) in [5.74, 6) is 0. The summed E-state index contributed by atoms with van der Waals surface area (Å²) in [4.78, 5) is 7.01. The molecule has 2 unspecified atom stereocenters. The molecule has 3 nitrogen and oxygen atoms in total. The van der Waals surface area contributed by atoms with Gasteiger partial charge in [0.15, 0.2) is 0 Å². The number of hydrogen-bond acceptors (Lipinski definition) is 3. The standard InChI is InChI=1S/C11H27N3/c1-8-10(12(3)4)14(7)11(9-2)13(5)6/h10-11H,8-9H2,1-7H3. The predicted octanol–water partition coefficient (Wildman–Crippen LogP) is 1.51. The van der Waals surface area contributed by atoms with E-state index in [4.69, 9.17) is 0 Å². The minimum atomic E-state index is 0.530. The van der Waals surface area contributed by atoms with Gasteiger partial charge in [0.05, 0.1) is 12.3 Å². The third-order valence-electron chi connectivity index (χ3n) is 2.86. The summed E-state index contributed by atoms with van der Waals surface area (Å²) in [7, 11) is 10.8. The van der Waals surface area contributed by atoms with Crippen LogP contribution in [0.1, 0.15) is 26.7 Å². The molecule has 0 aromatic heterocycles. The Balaban J connectivity index is 4.44. The summed E-state index contributed by atoms with van der Waals surface area (Å²) in [5.41, 5.74) is 0. The van der Waals surface area contributed by atoms with Crippen molar-refractivity contribution in [3.8, 4) is 0 Å². The van der Waals surface area contributed by atoms with Gasteiger partial charge in [-0.15, -0.1) is 0 Å². The molecular weight excluding hydrogens is 174 g/mol. The second-order valence-corrected chi connectivity index (χ2v) is 4.37. The lowest BCUT2D eigenvalue weighted by atomic mass is 10.2. The van der Waals surface area contributed by atoms with Crippen LogP contribution in [0.4, 0.5) is 0 Å². The van der Waals surface area contributed by atoms with Gasteiger partial charge < -0.3 is 0 Å². The van der Waals surface area contributed by atoms with Gasteiger partial charge in [0.2, 0.25) is 0 Å². The smallest absolute Gasteiger partial charge is 0.0625 e. The number of rotatable bonds is 6. The van der Waals surface area contributed by atoms with Gasteiger partial charge in [0.25, 0.3) is 0 Å². The van der Waals surface area contributed by atoms with E-state index in [0.717, 1.165) is 12.8 Å². The molecule has 14 heavy (non-hydrogen) atoms. The summed E-state index contributed by atoms with van der Waals surface area (Å²) >= 11 is 0. The summed E-state index contributed by atoms with van der Waals surface area (Å²) in [6.45, 7) is 4.48. The van der Waals surface area contributed by atoms with Gasteiger partial charge in [-0.3, -0.25) is 14.7 Å². The van der Waals surface area contributed by atoms with Crippen LogP contribution < -0.4 is 0 Å². The van der Waals surface area contributed by atoms with Gasteiger partial charge in [0, 0.05) is 0 Å². The minimum Gasteiger partial charge on any atom is -0.294 e. The highest BCUT2D eigenvalue weighted by molar-refractivity contribution is 4.71. The first-order valence-corrected chi connectivity index (χ1v) is 5.50. The third kappa shape index (κ3) is 3.56. The first-order valence-electron chi connectivity index (χ1n) is 5.50. The van der Waals surface area contributed by atoms with Crippen molar-refractivity contribution in [3.63, 3.8) is 0 Å². The van der Waals surface area contributed by atoms with E-state index in [9.17, 15) is 0 Å². The van der Waals surface area contributed by atoms with Crippen LogP contribution in [0.25, 0.3) is 0 Å². The SMILES string of the molecule is CCC(N(C)C)N(C)C(CC)N(C)C. The highest BCUT2D eigenvalue weighted by atomic mass is 15.4. The molecule has 0 bridgehead atoms. The largest absolute Gasteiger partial charge is 0.294 e. The van der Waals surface area contributed by atoms with Crippen molar-refractivity contribution >= 4 is 0 Å². The van der Waals surface area contributed by atoms with Crippen LogP contribution in [0.2, 0.25) is 0 Å². The van der Waals surface area contributed by atoms with Gasteiger partial charge in [0.1, 0.15) is 0 Å². The van der Waals surface area contributed by atoms with Crippen LogP contribution in [-0.4, -0.2) is 62.3 Å². The summed E-state index contributed by atoms with van der Waals surface area (Å²) in [6, 6.07) is 0. The zero-order valence-corrected chi connectivity index (χ0v) is 10.9. The van der Waals surface area contributed by atoms with E-state index in [0.29, 0.717) is 12.3 Å². The van der Waals surface area contributed by atoms with Crippen LogP contribution in [0.3, 0.4) is 0 Å². The van der Waals surface area contributed by atoms with E-state index < -0.39 is 0 Å². The zero-order chi connectivity index (χ0) is 11.3. The van der Waals surface area contributed by atoms with Crippen molar-refractivity contribution in [1.82, 2.24) is 14.7 Å². The van der Waals surface area contributed by atoms with Crippen LogP contribution in [0, 0.1) is 0 Å². The fourth-order valence-corrected chi connectivity index (χ4v) is 2.23. The molecule has 86 valence electrons. The Kier molecular flexibility index (Phi) is 6.33. The summed E-state index contributed by atoms with van der Waals surface area (Å²) < 4.78 is 0. The van der Waals surface area contributed by atoms with Gasteiger partial charge in [-0.05, 0) is 48.1 Å². The molecule has 0 aliphatic rings. The molecule has 0 radical (unpaired) electrons. The first-order chi connectivity index (χ1) is 6.45. The molecule has 0 aromatic rings. The maximum Gasteiger partial charge on any atom is 0.0625 e. The zero-order valence-electron chi connectivity index (χ0n) is 10.9. The Labute approximate surface area is 89.7 Å². The molecule has 0 aromatic carbocycles. The van der Waals surface area contributed by atoms with E-state index in [1.807, 2.05) is 0 Å². The summed E-state index contributed by atoms with van der Waals surface area (Å²) in [5, 5.41) is 0. The normalized spacial score (nSPS) is 16.7. The maximum atomic E-state index is 2.44. The Morgan fingerprint density at radius 3 is 1.14 bits per heavy atom. The maximum absolute atomic E-state index is 2.44. The van der Waals surface area contributed by atoms with Gasteiger partial charge in [-0.2, -0.15) is 0 Å². The highest BCUT2D eigenvalue weighted by Crippen LogP contribution is 2.12. The predicted molar refractivity (Wildman–Crippen MR) is 63.3 cm³/mol. The molecule has 0 saturated heterocycles. The Bertz CT molecular complexity index is 129. The molecular formula is C11H27N3. The van der Waals surface area contributed by atoms with E-state index in [2.05, 4.69) is 63.8 Å². The molecule has 0 heterocycles. The van der Waals surface area contributed by atoms with Gasteiger partial charge >= 0.3 is 0 Å². The average Bonchev–Trinajstić information content (AvgIpc) is 2.04. The molecule has 0 N–H and O–H groups in total. The Morgan fingerprint density at radius 1 is 0.714 bits per heavy atom. The fourth-order valence-electron chi connectivity index (χ4n) is 2.23. The molecule has 0 aliphatic carbocycles. The molecule has 3 heteroatoms. The molecule has 0 aliphatic heterocycles. The Hall–Kier alpha value is -0.120. The second-order valence-electron chi connectivity index (χ2n) is 4.37. The molecule has 0 amide bonds. The number of hydrogen-bond donors (Lipinski definition) is 0. The lowest BCUT2D eigenvalue weighted by Gasteiger charge is -2.40. The highest BCUT2D eigenvalue weighted by Gasteiger charge is 2.22.